The lowest BCUT2D eigenvalue weighted by Crippen LogP contribution is -2.33. The van der Waals surface area contributed by atoms with E-state index in [1.165, 1.54) is 17.3 Å². The van der Waals surface area contributed by atoms with Crippen LogP contribution in [-0.2, 0) is 11.2 Å². The van der Waals surface area contributed by atoms with Crippen LogP contribution in [0.1, 0.15) is 23.4 Å². The molecule has 28 heavy (non-hydrogen) atoms. The largest absolute Gasteiger partial charge is 0.337 e. The van der Waals surface area contributed by atoms with Gasteiger partial charge in [0.25, 0.3) is 0 Å². The minimum Gasteiger partial charge on any atom is -0.337 e. The molecule has 0 bridgehead atoms. The van der Waals surface area contributed by atoms with Gasteiger partial charge in [-0.1, -0.05) is 60.3 Å². The molecule has 6 heteroatoms. The van der Waals surface area contributed by atoms with Crippen LogP contribution < -0.4 is 4.90 Å². The molecule has 5 nitrogen and oxygen atoms in total. The molecule has 142 valence electrons. The molecule has 0 spiro atoms. The molecule has 1 N–H and O–H groups in total. The van der Waals surface area contributed by atoms with Crippen LogP contribution in [0.25, 0.3) is 0 Å². The molecule has 3 aromatic rings. The van der Waals surface area contributed by atoms with Crippen LogP contribution in [0.3, 0.4) is 0 Å². The summed E-state index contributed by atoms with van der Waals surface area (Å²) in [6.07, 6.45) is 1.06. The lowest BCUT2D eigenvalue weighted by Gasteiger charge is -2.21. The Kier molecular flexibility index (Phi) is 6.88. The molecule has 0 radical (unpaired) electrons. The van der Waals surface area contributed by atoms with Gasteiger partial charge in [-0.05, 0) is 24.6 Å². The van der Waals surface area contributed by atoms with Gasteiger partial charge in [0.05, 0.1) is 23.9 Å². The van der Waals surface area contributed by atoms with Crippen LogP contribution in [0, 0.1) is 18.3 Å². The summed E-state index contributed by atoms with van der Waals surface area (Å²) in [5.74, 6) is 0.225. The summed E-state index contributed by atoms with van der Waals surface area (Å²) in [7, 11) is 0. The smallest absolute Gasteiger partial charge is 0.237 e. The lowest BCUT2D eigenvalue weighted by molar-refractivity contribution is -0.116. The first kappa shape index (κ1) is 19.7. The first-order chi connectivity index (χ1) is 13.7. The van der Waals surface area contributed by atoms with E-state index in [1.54, 1.807) is 4.90 Å². The molecule has 2 aromatic carbocycles. The number of anilines is 1. The number of carbonyl (C=O) groups excluding carboxylic acids is 1. The van der Waals surface area contributed by atoms with Crippen LogP contribution in [0.2, 0.25) is 0 Å². The highest BCUT2D eigenvalue weighted by atomic mass is 32.2. The number of carbonyl (C=O) groups is 1. The maximum Gasteiger partial charge on any atom is 0.237 e. The fourth-order valence-corrected chi connectivity index (χ4v) is 3.69. The number of para-hydroxylation sites is 1. The quantitative estimate of drug-likeness (QED) is 0.581. The van der Waals surface area contributed by atoms with Crippen molar-refractivity contribution in [2.75, 3.05) is 17.2 Å². The van der Waals surface area contributed by atoms with Gasteiger partial charge in [-0.25, -0.2) is 4.98 Å². The fourth-order valence-electron chi connectivity index (χ4n) is 2.87. The van der Waals surface area contributed by atoms with Gasteiger partial charge in [-0.3, -0.25) is 4.79 Å². The van der Waals surface area contributed by atoms with E-state index in [9.17, 15) is 4.79 Å². The Morgan fingerprint density at radius 1 is 1.14 bits per heavy atom. The van der Waals surface area contributed by atoms with E-state index in [4.69, 9.17) is 5.26 Å². The van der Waals surface area contributed by atoms with Gasteiger partial charge >= 0.3 is 0 Å². The minimum atomic E-state index is -0.0369. The van der Waals surface area contributed by atoms with Crippen LogP contribution in [-0.4, -0.2) is 28.2 Å². The van der Waals surface area contributed by atoms with E-state index in [2.05, 4.69) is 28.2 Å². The van der Waals surface area contributed by atoms with Crippen molar-refractivity contribution in [3.63, 3.8) is 0 Å². The molecule has 3 rings (SSSR count). The van der Waals surface area contributed by atoms with Gasteiger partial charge < -0.3 is 9.88 Å². The fraction of sp³-hybridized carbons (Fsp3) is 0.227. The number of thioether (sulfide) groups is 1. The van der Waals surface area contributed by atoms with E-state index in [-0.39, 0.29) is 11.7 Å². The molecular weight excluding hydrogens is 368 g/mol. The predicted molar refractivity (Wildman–Crippen MR) is 112 cm³/mol. The number of amides is 1. The standard InChI is InChI=1S/C22H22N4OS/c1-17-20(15-18-9-4-2-5-10-18)25-22(24-17)28-16-21(27)26(14-8-13-23)19-11-6-3-7-12-19/h2-7,9-12H,8,14-16H2,1H3,(H,24,25). The van der Waals surface area contributed by atoms with Crippen molar-refractivity contribution in [3.8, 4) is 6.07 Å². The predicted octanol–water partition coefficient (Wildman–Crippen LogP) is 4.35. The molecule has 0 aliphatic carbocycles. The molecule has 0 saturated carbocycles. The second-order valence-corrected chi connectivity index (χ2v) is 7.32. The number of nitriles is 1. The molecule has 0 aliphatic heterocycles. The monoisotopic (exact) mass is 390 g/mol. The number of benzene rings is 2. The maximum absolute atomic E-state index is 12.8. The first-order valence-corrected chi connectivity index (χ1v) is 10.1. The van der Waals surface area contributed by atoms with E-state index < -0.39 is 0 Å². The molecule has 0 fully saturated rings. The van der Waals surface area contributed by atoms with Crippen molar-refractivity contribution >= 4 is 23.4 Å². The van der Waals surface area contributed by atoms with Crippen molar-refractivity contribution in [1.82, 2.24) is 9.97 Å². The number of aryl methyl sites for hydroxylation is 1. The summed E-state index contributed by atoms with van der Waals surface area (Å²) in [5, 5.41) is 9.64. The Bertz CT molecular complexity index is 948. The minimum absolute atomic E-state index is 0.0369. The zero-order valence-electron chi connectivity index (χ0n) is 15.8. The van der Waals surface area contributed by atoms with Crippen LogP contribution in [0.4, 0.5) is 5.69 Å². The molecule has 1 aromatic heterocycles. The summed E-state index contributed by atoms with van der Waals surface area (Å²) in [5.41, 5.74) is 4.02. The Balaban J connectivity index is 1.64. The number of imidazole rings is 1. The average molecular weight is 391 g/mol. The molecule has 1 heterocycles. The normalized spacial score (nSPS) is 10.4. The van der Waals surface area contributed by atoms with Gasteiger partial charge in [0.1, 0.15) is 0 Å². The Morgan fingerprint density at radius 3 is 2.50 bits per heavy atom. The third-order valence-electron chi connectivity index (χ3n) is 4.33. The third-order valence-corrected chi connectivity index (χ3v) is 5.18. The van der Waals surface area contributed by atoms with Crippen LogP contribution in [0.15, 0.2) is 65.8 Å². The average Bonchev–Trinajstić information content (AvgIpc) is 3.07. The van der Waals surface area contributed by atoms with E-state index in [1.807, 2.05) is 55.5 Å². The number of hydrogen-bond donors (Lipinski definition) is 1. The highest BCUT2D eigenvalue weighted by Gasteiger charge is 2.17. The van der Waals surface area contributed by atoms with Gasteiger partial charge in [-0.15, -0.1) is 0 Å². The van der Waals surface area contributed by atoms with Crippen LogP contribution in [0.5, 0.6) is 0 Å². The van der Waals surface area contributed by atoms with Crippen molar-refractivity contribution < 1.29 is 4.79 Å². The molecular formula is C22H22N4OS. The summed E-state index contributed by atoms with van der Waals surface area (Å²) in [4.78, 5) is 22.3. The molecule has 0 unspecified atom stereocenters. The van der Waals surface area contributed by atoms with Gasteiger partial charge in [-0.2, -0.15) is 5.26 Å². The molecule has 0 saturated heterocycles. The topological polar surface area (TPSA) is 72.8 Å². The van der Waals surface area contributed by atoms with Crippen LogP contribution >= 0.6 is 11.8 Å². The highest BCUT2D eigenvalue weighted by molar-refractivity contribution is 7.99. The van der Waals surface area contributed by atoms with E-state index in [0.717, 1.165) is 28.7 Å². The third kappa shape index (κ3) is 5.24. The lowest BCUT2D eigenvalue weighted by atomic mass is 10.1. The maximum atomic E-state index is 12.8. The van der Waals surface area contributed by atoms with Crippen molar-refractivity contribution in [3.05, 3.63) is 77.6 Å². The number of aromatic amines is 1. The van der Waals surface area contributed by atoms with Gasteiger partial charge in [0, 0.05) is 24.3 Å². The van der Waals surface area contributed by atoms with Gasteiger partial charge in [0.2, 0.25) is 5.91 Å². The molecule has 0 aliphatic rings. The second-order valence-electron chi connectivity index (χ2n) is 6.35. The van der Waals surface area contributed by atoms with E-state index in [0.29, 0.717) is 13.0 Å². The summed E-state index contributed by atoms with van der Waals surface area (Å²) >= 11 is 1.39. The summed E-state index contributed by atoms with van der Waals surface area (Å²) in [6, 6.07) is 21.8. The summed E-state index contributed by atoms with van der Waals surface area (Å²) in [6.45, 7) is 2.39. The Hall–Kier alpha value is -3.04. The second kappa shape index (κ2) is 9.77. The highest BCUT2D eigenvalue weighted by Crippen LogP contribution is 2.21. The van der Waals surface area contributed by atoms with Gasteiger partial charge in [0.15, 0.2) is 5.16 Å². The Labute approximate surface area is 169 Å². The first-order valence-electron chi connectivity index (χ1n) is 9.12. The van der Waals surface area contributed by atoms with Crippen molar-refractivity contribution in [2.45, 2.75) is 24.9 Å². The number of hydrogen-bond acceptors (Lipinski definition) is 4. The summed E-state index contributed by atoms with van der Waals surface area (Å²) < 4.78 is 0. The van der Waals surface area contributed by atoms with E-state index >= 15 is 0 Å². The molecule has 1 amide bonds. The number of H-pyrrole nitrogens is 1. The Morgan fingerprint density at radius 2 is 1.82 bits per heavy atom. The molecule has 0 atom stereocenters. The zero-order valence-corrected chi connectivity index (χ0v) is 16.6. The number of nitrogens with zero attached hydrogens (tertiary/aromatic N) is 3. The SMILES string of the molecule is Cc1[nH]c(SCC(=O)N(CCC#N)c2ccccc2)nc1Cc1ccccc1. The zero-order chi connectivity index (χ0) is 19.8. The number of aromatic nitrogens is 2. The van der Waals surface area contributed by atoms with Crippen molar-refractivity contribution in [2.24, 2.45) is 0 Å². The number of rotatable bonds is 8. The van der Waals surface area contributed by atoms with Crippen molar-refractivity contribution in [1.29, 1.82) is 5.26 Å². The number of nitrogens with one attached hydrogen (secondary N) is 1.